The van der Waals surface area contributed by atoms with Crippen molar-refractivity contribution in [3.63, 3.8) is 0 Å². The highest BCUT2D eigenvalue weighted by Gasteiger charge is 2.25. The van der Waals surface area contributed by atoms with Gasteiger partial charge in [0.05, 0.1) is 0 Å². The van der Waals surface area contributed by atoms with Gasteiger partial charge in [-0.3, -0.25) is 4.79 Å². The zero-order valence-electron chi connectivity index (χ0n) is 13.2. The van der Waals surface area contributed by atoms with Crippen molar-refractivity contribution in [1.29, 1.82) is 0 Å². The van der Waals surface area contributed by atoms with Gasteiger partial charge in [0.2, 0.25) is 0 Å². The van der Waals surface area contributed by atoms with Crippen LogP contribution in [0.1, 0.15) is 42.7 Å². The van der Waals surface area contributed by atoms with E-state index in [4.69, 9.17) is 21.8 Å². The van der Waals surface area contributed by atoms with Crippen LogP contribution in [0.2, 0.25) is 5.02 Å². The molecule has 1 aromatic heterocycles. The predicted octanol–water partition coefficient (Wildman–Crippen LogP) is 4.59. The number of hydrogen-bond acceptors (Lipinski definition) is 3. The summed E-state index contributed by atoms with van der Waals surface area (Å²) in [6.07, 6.45) is 5.78. The fourth-order valence-corrected chi connectivity index (χ4v) is 3.34. The average Bonchev–Trinajstić information content (AvgIpc) is 3.04. The van der Waals surface area contributed by atoms with E-state index in [0.717, 1.165) is 18.4 Å². The molecule has 1 heterocycles. The second-order valence-corrected chi connectivity index (χ2v) is 6.54. The number of carbonyl (C=O) groups is 1. The molecule has 2 N–H and O–H groups in total. The van der Waals surface area contributed by atoms with Crippen LogP contribution >= 0.6 is 11.6 Å². The van der Waals surface area contributed by atoms with Gasteiger partial charge in [0.1, 0.15) is 5.76 Å². The summed E-state index contributed by atoms with van der Waals surface area (Å²) in [5, 5.41) is 0.575. The molecular weight excluding hydrogens is 312 g/mol. The van der Waals surface area contributed by atoms with Gasteiger partial charge in [0.15, 0.2) is 5.76 Å². The van der Waals surface area contributed by atoms with Gasteiger partial charge in [-0.2, -0.15) is 0 Å². The summed E-state index contributed by atoms with van der Waals surface area (Å²) in [7, 11) is 1.86. The Balaban J connectivity index is 1.79. The summed E-state index contributed by atoms with van der Waals surface area (Å²) in [5.74, 6) is 0.859. The van der Waals surface area contributed by atoms with Crippen LogP contribution in [0.15, 0.2) is 34.7 Å². The fraction of sp³-hybridized carbons (Fsp3) is 0.389. The number of amides is 1. The number of nitrogens with two attached hydrogens (primary N) is 1. The van der Waals surface area contributed by atoms with Crippen molar-refractivity contribution >= 4 is 23.2 Å². The molecule has 23 heavy (non-hydrogen) atoms. The van der Waals surface area contributed by atoms with E-state index in [-0.39, 0.29) is 5.91 Å². The molecule has 0 bridgehead atoms. The second kappa shape index (κ2) is 6.67. The zero-order valence-corrected chi connectivity index (χ0v) is 14.0. The smallest absolute Gasteiger partial charge is 0.289 e. The summed E-state index contributed by atoms with van der Waals surface area (Å²) in [4.78, 5) is 14.4. The fourth-order valence-electron chi connectivity index (χ4n) is 3.16. The van der Waals surface area contributed by atoms with E-state index in [1.807, 2.05) is 11.9 Å². The highest BCUT2D eigenvalue weighted by molar-refractivity contribution is 6.31. The first kappa shape index (κ1) is 15.9. The number of hydrogen-bond donors (Lipinski definition) is 1. The summed E-state index contributed by atoms with van der Waals surface area (Å²) in [5.41, 5.74) is 7.25. The molecule has 0 aliphatic heterocycles. The summed E-state index contributed by atoms with van der Waals surface area (Å²) < 4.78 is 5.75. The van der Waals surface area contributed by atoms with E-state index in [1.54, 1.807) is 30.3 Å². The van der Waals surface area contributed by atoms with Crippen LogP contribution in [0.25, 0.3) is 11.3 Å². The average molecular weight is 333 g/mol. The SMILES string of the molecule is CN(C(=O)c1ccc(-c2ccc(Cl)cc2N)o1)C1CCCCC1. The maximum absolute atomic E-state index is 12.6. The molecule has 0 spiro atoms. The molecule has 1 saturated carbocycles. The zero-order chi connectivity index (χ0) is 16.4. The predicted molar refractivity (Wildman–Crippen MR) is 92.5 cm³/mol. The third-order valence-electron chi connectivity index (χ3n) is 4.54. The molecule has 1 fully saturated rings. The van der Waals surface area contributed by atoms with Crippen molar-refractivity contribution in [2.45, 2.75) is 38.1 Å². The lowest BCUT2D eigenvalue weighted by molar-refractivity contribution is 0.0665. The van der Waals surface area contributed by atoms with Gasteiger partial charge in [-0.25, -0.2) is 0 Å². The monoisotopic (exact) mass is 332 g/mol. The molecule has 2 aromatic rings. The normalized spacial score (nSPS) is 15.6. The van der Waals surface area contributed by atoms with Crippen molar-refractivity contribution in [3.05, 3.63) is 41.1 Å². The molecule has 0 atom stereocenters. The number of nitrogens with zero attached hydrogens (tertiary/aromatic N) is 1. The van der Waals surface area contributed by atoms with Crippen molar-refractivity contribution in [1.82, 2.24) is 4.90 Å². The number of halogens is 1. The van der Waals surface area contributed by atoms with Crippen molar-refractivity contribution < 1.29 is 9.21 Å². The van der Waals surface area contributed by atoms with Crippen LogP contribution in [-0.2, 0) is 0 Å². The van der Waals surface area contributed by atoms with Gasteiger partial charge in [-0.05, 0) is 43.2 Å². The summed E-state index contributed by atoms with van der Waals surface area (Å²) >= 11 is 5.92. The first-order valence-electron chi connectivity index (χ1n) is 7.98. The highest BCUT2D eigenvalue weighted by atomic mass is 35.5. The number of rotatable bonds is 3. The Morgan fingerprint density at radius 3 is 2.65 bits per heavy atom. The third-order valence-corrected chi connectivity index (χ3v) is 4.77. The van der Waals surface area contributed by atoms with Crippen LogP contribution in [0, 0.1) is 0 Å². The van der Waals surface area contributed by atoms with Crippen LogP contribution in [0.4, 0.5) is 5.69 Å². The lowest BCUT2D eigenvalue weighted by Crippen LogP contribution is -2.38. The Morgan fingerprint density at radius 2 is 1.96 bits per heavy atom. The van der Waals surface area contributed by atoms with Crippen molar-refractivity contribution in [2.24, 2.45) is 0 Å². The van der Waals surface area contributed by atoms with Crippen LogP contribution < -0.4 is 5.73 Å². The summed E-state index contributed by atoms with van der Waals surface area (Å²) in [6.45, 7) is 0. The lowest BCUT2D eigenvalue weighted by Gasteiger charge is -2.30. The van der Waals surface area contributed by atoms with Gasteiger partial charge in [-0.1, -0.05) is 30.9 Å². The molecule has 0 saturated heterocycles. The Labute approximate surface area is 141 Å². The Bertz CT molecular complexity index is 705. The van der Waals surface area contributed by atoms with Crippen LogP contribution in [0.3, 0.4) is 0 Å². The highest BCUT2D eigenvalue weighted by Crippen LogP contribution is 2.30. The lowest BCUT2D eigenvalue weighted by atomic mass is 9.94. The van der Waals surface area contributed by atoms with Crippen LogP contribution in [0.5, 0.6) is 0 Å². The molecule has 4 nitrogen and oxygen atoms in total. The van der Waals surface area contributed by atoms with E-state index in [0.29, 0.717) is 28.3 Å². The molecule has 0 radical (unpaired) electrons. The maximum atomic E-state index is 12.6. The molecule has 0 unspecified atom stereocenters. The van der Waals surface area contributed by atoms with Gasteiger partial charge in [-0.15, -0.1) is 0 Å². The Hall–Kier alpha value is -1.94. The van der Waals surface area contributed by atoms with E-state index in [2.05, 4.69) is 0 Å². The van der Waals surface area contributed by atoms with Crippen LogP contribution in [-0.4, -0.2) is 23.9 Å². The molecule has 3 rings (SSSR count). The summed E-state index contributed by atoms with van der Waals surface area (Å²) in [6, 6.07) is 9.04. The number of furan rings is 1. The largest absolute Gasteiger partial charge is 0.451 e. The van der Waals surface area contributed by atoms with E-state index >= 15 is 0 Å². The molecule has 5 heteroatoms. The molecule has 1 aliphatic carbocycles. The number of carbonyl (C=O) groups excluding carboxylic acids is 1. The first-order valence-corrected chi connectivity index (χ1v) is 8.36. The van der Waals surface area contributed by atoms with Crippen molar-refractivity contribution in [2.75, 3.05) is 12.8 Å². The first-order chi connectivity index (χ1) is 11.1. The van der Waals surface area contributed by atoms with E-state index < -0.39 is 0 Å². The molecule has 1 aliphatic rings. The minimum atomic E-state index is -0.0734. The van der Waals surface area contributed by atoms with Gasteiger partial charge in [0.25, 0.3) is 5.91 Å². The molecule has 122 valence electrons. The second-order valence-electron chi connectivity index (χ2n) is 6.10. The Morgan fingerprint density at radius 1 is 1.22 bits per heavy atom. The van der Waals surface area contributed by atoms with Gasteiger partial charge in [0, 0.05) is 29.4 Å². The molecule has 1 amide bonds. The number of anilines is 1. The van der Waals surface area contributed by atoms with Gasteiger partial charge < -0.3 is 15.1 Å². The minimum Gasteiger partial charge on any atom is -0.451 e. The third kappa shape index (κ3) is 3.37. The van der Waals surface area contributed by atoms with E-state index in [1.165, 1.54) is 19.3 Å². The molecule has 1 aromatic carbocycles. The standard InChI is InChI=1S/C18H21ClN2O2/c1-21(13-5-3-2-4-6-13)18(22)17-10-9-16(23-17)14-8-7-12(19)11-15(14)20/h7-11,13H,2-6,20H2,1H3. The number of nitrogen functional groups attached to an aromatic ring is 1. The minimum absolute atomic E-state index is 0.0734. The topological polar surface area (TPSA) is 59.5 Å². The Kier molecular flexibility index (Phi) is 4.62. The van der Waals surface area contributed by atoms with Gasteiger partial charge >= 0.3 is 0 Å². The molecular formula is C18H21ClN2O2. The quantitative estimate of drug-likeness (QED) is 0.836. The maximum Gasteiger partial charge on any atom is 0.289 e. The number of benzene rings is 1. The van der Waals surface area contributed by atoms with E-state index in [9.17, 15) is 4.79 Å². The van der Waals surface area contributed by atoms with Crippen molar-refractivity contribution in [3.8, 4) is 11.3 Å².